The third-order valence-electron chi connectivity index (χ3n) is 2.95. The molecule has 0 atom stereocenters. The number of nitrogens with zero attached hydrogens (tertiary/aromatic N) is 2. The zero-order valence-corrected chi connectivity index (χ0v) is 11.9. The zero-order chi connectivity index (χ0) is 13.1. The Balaban J connectivity index is 1.62. The lowest BCUT2D eigenvalue weighted by Gasteiger charge is -2.09. The molecule has 0 spiro atoms. The fraction of sp³-hybridized carbons (Fsp3) is 0.385. The fourth-order valence-electron chi connectivity index (χ4n) is 1.72. The normalized spacial score (nSPS) is 14.6. The summed E-state index contributed by atoms with van der Waals surface area (Å²) in [5.74, 6) is 1.35. The number of benzene rings is 1. The molecule has 0 radical (unpaired) electrons. The molecule has 19 heavy (non-hydrogen) atoms. The molecule has 6 heteroatoms. The Labute approximate surface area is 119 Å². The van der Waals surface area contributed by atoms with Gasteiger partial charge in [-0.05, 0) is 36.6 Å². The molecule has 1 fully saturated rings. The van der Waals surface area contributed by atoms with Crippen molar-refractivity contribution in [2.75, 3.05) is 0 Å². The Morgan fingerprint density at radius 2 is 2.32 bits per heavy atom. The van der Waals surface area contributed by atoms with Crippen LogP contribution in [0.1, 0.15) is 24.2 Å². The Morgan fingerprint density at radius 1 is 1.42 bits per heavy atom. The molecule has 0 saturated heterocycles. The number of hydrogen-bond acceptors (Lipinski definition) is 5. The molecule has 1 saturated carbocycles. The average molecular weight is 324 g/mol. The lowest BCUT2D eigenvalue weighted by molar-refractivity contribution is 0.286. The minimum atomic E-state index is 0.313. The lowest BCUT2D eigenvalue weighted by Crippen LogP contribution is -2.15. The molecule has 0 amide bonds. The standard InChI is InChI=1S/C13H14BrN3O2/c14-12-4-3-11(18-7-13-16-8-19-17-13)5-9(12)6-15-10-1-2-10/h3-5,8,10,15H,1-2,6-7H2. The highest BCUT2D eigenvalue weighted by Crippen LogP contribution is 2.25. The molecule has 1 heterocycles. The van der Waals surface area contributed by atoms with Crippen molar-refractivity contribution in [1.82, 2.24) is 15.5 Å². The van der Waals surface area contributed by atoms with Crippen LogP contribution in [0, 0.1) is 0 Å². The van der Waals surface area contributed by atoms with E-state index in [-0.39, 0.29) is 0 Å². The molecule has 1 aliphatic carbocycles. The van der Waals surface area contributed by atoms with Crippen molar-refractivity contribution in [3.8, 4) is 5.75 Å². The quantitative estimate of drug-likeness (QED) is 0.885. The van der Waals surface area contributed by atoms with Gasteiger partial charge >= 0.3 is 0 Å². The van der Waals surface area contributed by atoms with Crippen LogP contribution in [0.3, 0.4) is 0 Å². The monoisotopic (exact) mass is 323 g/mol. The molecule has 100 valence electrons. The molecule has 1 aliphatic rings. The van der Waals surface area contributed by atoms with Crippen LogP contribution < -0.4 is 10.1 Å². The molecular formula is C13H14BrN3O2. The Bertz CT molecular complexity index is 541. The van der Waals surface area contributed by atoms with Crippen LogP contribution in [0.2, 0.25) is 0 Å². The summed E-state index contributed by atoms with van der Waals surface area (Å²) in [7, 11) is 0. The van der Waals surface area contributed by atoms with Crippen molar-refractivity contribution >= 4 is 15.9 Å². The van der Waals surface area contributed by atoms with Gasteiger partial charge in [0.05, 0.1) is 0 Å². The number of aromatic nitrogens is 2. The smallest absolute Gasteiger partial charge is 0.213 e. The van der Waals surface area contributed by atoms with Crippen molar-refractivity contribution in [3.63, 3.8) is 0 Å². The molecule has 0 aliphatic heterocycles. The first-order valence-corrected chi connectivity index (χ1v) is 7.00. The number of nitrogens with one attached hydrogen (secondary N) is 1. The summed E-state index contributed by atoms with van der Waals surface area (Å²) in [6.45, 7) is 1.16. The van der Waals surface area contributed by atoms with Gasteiger partial charge in [-0.2, -0.15) is 4.98 Å². The maximum atomic E-state index is 5.63. The highest BCUT2D eigenvalue weighted by Gasteiger charge is 2.20. The van der Waals surface area contributed by atoms with E-state index in [2.05, 4.69) is 35.9 Å². The van der Waals surface area contributed by atoms with E-state index in [1.165, 1.54) is 24.8 Å². The zero-order valence-electron chi connectivity index (χ0n) is 10.3. The van der Waals surface area contributed by atoms with Crippen molar-refractivity contribution in [1.29, 1.82) is 0 Å². The molecule has 2 aromatic rings. The first kappa shape index (κ1) is 12.6. The van der Waals surface area contributed by atoms with Crippen LogP contribution in [0.4, 0.5) is 0 Å². The second-order valence-electron chi connectivity index (χ2n) is 4.54. The van der Waals surface area contributed by atoms with Crippen LogP contribution in [0.5, 0.6) is 5.75 Å². The van der Waals surface area contributed by atoms with Gasteiger partial charge in [-0.1, -0.05) is 21.1 Å². The van der Waals surface area contributed by atoms with Gasteiger partial charge in [0, 0.05) is 17.1 Å². The first-order chi connectivity index (χ1) is 9.31. The molecule has 0 unspecified atom stereocenters. The number of ether oxygens (including phenoxy) is 1. The second kappa shape index (κ2) is 5.71. The van der Waals surface area contributed by atoms with E-state index >= 15 is 0 Å². The van der Waals surface area contributed by atoms with Crippen molar-refractivity contribution in [3.05, 3.63) is 40.5 Å². The van der Waals surface area contributed by atoms with Crippen LogP contribution >= 0.6 is 15.9 Å². The van der Waals surface area contributed by atoms with Gasteiger partial charge in [0.25, 0.3) is 0 Å². The molecule has 0 bridgehead atoms. The summed E-state index contributed by atoms with van der Waals surface area (Å²) in [5, 5.41) is 7.19. The van der Waals surface area contributed by atoms with Crippen LogP contribution in [-0.2, 0) is 13.2 Å². The van der Waals surface area contributed by atoms with Gasteiger partial charge in [-0.3, -0.25) is 0 Å². The highest BCUT2D eigenvalue weighted by molar-refractivity contribution is 9.10. The van der Waals surface area contributed by atoms with Gasteiger partial charge in [0.2, 0.25) is 12.2 Å². The van der Waals surface area contributed by atoms with E-state index in [0.717, 1.165) is 16.8 Å². The fourth-order valence-corrected chi connectivity index (χ4v) is 2.11. The van der Waals surface area contributed by atoms with E-state index in [1.807, 2.05) is 18.2 Å². The maximum absolute atomic E-state index is 5.63. The maximum Gasteiger partial charge on any atom is 0.213 e. The molecule has 1 N–H and O–H groups in total. The summed E-state index contributed by atoms with van der Waals surface area (Å²) in [6.07, 6.45) is 3.86. The summed E-state index contributed by atoms with van der Waals surface area (Å²) in [4.78, 5) is 3.91. The number of rotatable bonds is 6. The minimum Gasteiger partial charge on any atom is -0.485 e. The largest absolute Gasteiger partial charge is 0.485 e. The predicted molar refractivity (Wildman–Crippen MR) is 72.6 cm³/mol. The van der Waals surface area contributed by atoms with Gasteiger partial charge in [0.15, 0.2) is 6.61 Å². The van der Waals surface area contributed by atoms with Gasteiger partial charge in [-0.25, -0.2) is 0 Å². The van der Waals surface area contributed by atoms with Gasteiger partial charge in [-0.15, -0.1) is 0 Å². The topological polar surface area (TPSA) is 60.2 Å². The van der Waals surface area contributed by atoms with E-state index < -0.39 is 0 Å². The summed E-state index contributed by atoms with van der Waals surface area (Å²) >= 11 is 3.56. The second-order valence-corrected chi connectivity index (χ2v) is 5.40. The Morgan fingerprint density at radius 3 is 3.05 bits per heavy atom. The minimum absolute atomic E-state index is 0.313. The molecule has 1 aromatic heterocycles. The van der Waals surface area contributed by atoms with Crippen LogP contribution in [0.25, 0.3) is 0 Å². The molecule has 5 nitrogen and oxygen atoms in total. The Hall–Kier alpha value is -1.40. The molecule has 3 rings (SSSR count). The molecular weight excluding hydrogens is 310 g/mol. The average Bonchev–Trinajstić information content (AvgIpc) is 3.10. The number of hydrogen-bond donors (Lipinski definition) is 1. The van der Waals surface area contributed by atoms with Crippen molar-refractivity contribution in [2.24, 2.45) is 0 Å². The van der Waals surface area contributed by atoms with E-state index in [9.17, 15) is 0 Å². The third kappa shape index (κ3) is 3.54. The first-order valence-electron chi connectivity index (χ1n) is 6.21. The lowest BCUT2D eigenvalue weighted by atomic mass is 10.2. The van der Waals surface area contributed by atoms with E-state index in [4.69, 9.17) is 4.74 Å². The third-order valence-corrected chi connectivity index (χ3v) is 3.72. The van der Waals surface area contributed by atoms with Crippen molar-refractivity contribution in [2.45, 2.75) is 32.0 Å². The van der Waals surface area contributed by atoms with Crippen LogP contribution in [0.15, 0.2) is 33.6 Å². The summed E-state index contributed by atoms with van der Waals surface area (Å²) in [5.41, 5.74) is 1.19. The number of halogens is 1. The van der Waals surface area contributed by atoms with Crippen LogP contribution in [-0.4, -0.2) is 16.2 Å². The van der Waals surface area contributed by atoms with E-state index in [0.29, 0.717) is 18.5 Å². The molecule has 1 aromatic carbocycles. The van der Waals surface area contributed by atoms with Crippen molar-refractivity contribution < 1.29 is 9.26 Å². The van der Waals surface area contributed by atoms with Gasteiger partial charge in [0.1, 0.15) is 5.75 Å². The highest BCUT2D eigenvalue weighted by atomic mass is 79.9. The summed E-state index contributed by atoms with van der Waals surface area (Å²) < 4.78 is 11.4. The van der Waals surface area contributed by atoms with E-state index in [1.54, 1.807) is 0 Å². The summed E-state index contributed by atoms with van der Waals surface area (Å²) in [6, 6.07) is 6.63. The van der Waals surface area contributed by atoms with Gasteiger partial charge < -0.3 is 14.6 Å². The SMILES string of the molecule is Brc1ccc(OCc2ncon2)cc1CNC1CC1. The Kier molecular flexibility index (Phi) is 3.79. The predicted octanol–water partition coefficient (Wildman–Crippen LogP) is 2.66.